The second kappa shape index (κ2) is 6.63. The van der Waals surface area contributed by atoms with Gasteiger partial charge in [-0.15, -0.1) is 0 Å². The zero-order valence-electron chi connectivity index (χ0n) is 17.3. The van der Waals surface area contributed by atoms with E-state index < -0.39 is 0 Å². The first kappa shape index (κ1) is 19.0. The Kier molecular flexibility index (Phi) is 4.67. The van der Waals surface area contributed by atoms with Gasteiger partial charge in [-0.25, -0.2) is 0 Å². The minimum Gasteiger partial charge on any atom is -0.463 e. The van der Waals surface area contributed by atoms with E-state index in [-0.39, 0.29) is 17.5 Å². The first-order valence-electron chi connectivity index (χ1n) is 10.9. The average Bonchev–Trinajstić information content (AvgIpc) is 2.98. The lowest BCUT2D eigenvalue weighted by Gasteiger charge is -2.60. The quantitative estimate of drug-likeness (QED) is 0.307. The van der Waals surface area contributed by atoms with E-state index >= 15 is 0 Å². The van der Waals surface area contributed by atoms with Crippen molar-refractivity contribution in [3.8, 4) is 0 Å². The van der Waals surface area contributed by atoms with Gasteiger partial charge in [0.05, 0.1) is 5.71 Å². The highest BCUT2D eigenvalue weighted by molar-refractivity contribution is 5.99. The van der Waals surface area contributed by atoms with E-state index in [9.17, 15) is 10.0 Å². The van der Waals surface area contributed by atoms with Crippen LogP contribution in [0.2, 0.25) is 0 Å². The highest BCUT2D eigenvalue weighted by atomic mass is 16.5. The van der Waals surface area contributed by atoms with Crippen molar-refractivity contribution in [3.63, 3.8) is 0 Å². The molecule has 0 amide bonds. The van der Waals surface area contributed by atoms with Crippen LogP contribution in [0.4, 0.5) is 0 Å². The molecule has 0 saturated heterocycles. The molecule has 3 fully saturated rings. The number of hydrogen-bond acceptors (Lipinski definition) is 4. The van der Waals surface area contributed by atoms with Gasteiger partial charge in [0.25, 0.3) is 0 Å². The topological polar surface area (TPSA) is 58.9 Å². The lowest BCUT2D eigenvalue weighted by molar-refractivity contribution is -0.158. The fourth-order valence-electron chi connectivity index (χ4n) is 7.74. The molecular weight excluding hydrogens is 338 g/mol. The molecule has 0 aliphatic heterocycles. The predicted octanol–water partition coefficient (Wildman–Crippen LogP) is 5.35. The molecule has 4 aliphatic carbocycles. The van der Waals surface area contributed by atoms with Crippen molar-refractivity contribution in [2.24, 2.45) is 39.7 Å². The van der Waals surface area contributed by atoms with Crippen LogP contribution in [-0.4, -0.2) is 23.0 Å². The summed E-state index contributed by atoms with van der Waals surface area (Å²) in [6, 6.07) is 0. The summed E-state index contributed by atoms with van der Waals surface area (Å²) in [4.78, 5) is 11.4. The van der Waals surface area contributed by atoms with Crippen molar-refractivity contribution in [1.29, 1.82) is 0 Å². The van der Waals surface area contributed by atoms with E-state index in [1.54, 1.807) is 0 Å². The number of carbonyl (C=O) groups excluding carboxylic acids is 1. The van der Waals surface area contributed by atoms with Crippen molar-refractivity contribution < 1.29 is 14.7 Å². The molecule has 0 aromatic heterocycles. The van der Waals surface area contributed by atoms with Gasteiger partial charge in [0.1, 0.15) is 6.10 Å². The van der Waals surface area contributed by atoms with E-state index in [4.69, 9.17) is 4.74 Å². The van der Waals surface area contributed by atoms with Crippen molar-refractivity contribution in [1.82, 2.24) is 0 Å². The van der Waals surface area contributed by atoms with E-state index in [0.717, 1.165) is 36.8 Å². The Morgan fingerprint density at radius 2 is 1.93 bits per heavy atom. The van der Waals surface area contributed by atoms with Crippen LogP contribution in [0.15, 0.2) is 16.8 Å². The third kappa shape index (κ3) is 2.86. The Hall–Kier alpha value is -1.32. The fraction of sp³-hybridized carbons (Fsp3) is 0.826. The number of oxime groups is 1. The molecular formula is C23H35NO3. The molecule has 6 unspecified atom stereocenters. The summed E-state index contributed by atoms with van der Waals surface area (Å²) in [5.74, 6) is 2.81. The number of nitrogens with zero attached hydrogens (tertiary/aromatic N) is 1. The van der Waals surface area contributed by atoms with Crippen molar-refractivity contribution in [3.05, 3.63) is 11.6 Å². The van der Waals surface area contributed by atoms with Crippen molar-refractivity contribution in [2.45, 2.75) is 85.2 Å². The molecule has 0 bridgehead atoms. The zero-order chi connectivity index (χ0) is 19.4. The standard InChI is InChI=1S/C23H35NO3/c1-14(24-26)19-7-8-20-18-6-5-16-13-17(27-15(2)25)9-11-22(16,3)21(18)10-12-23(19,20)4/h7,16-18,20-21,26H,5-6,8-13H2,1-4H3/t16-,17?,18?,20?,21?,22?,23?/m0/s1. The highest BCUT2D eigenvalue weighted by Gasteiger charge is 2.59. The lowest BCUT2D eigenvalue weighted by atomic mass is 9.44. The second-order valence-corrected chi connectivity index (χ2v) is 10.2. The van der Waals surface area contributed by atoms with Crippen LogP contribution in [0.3, 0.4) is 0 Å². The number of rotatable bonds is 2. The summed E-state index contributed by atoms with van der Waals surface area (Å²) in [6.07, 6.45) is 11.9. The lowest BCUT2D eigenvalue weighted by Crippen LogP contribution is -2.54. The minimum atomic E-state index is -0.129. The van der Waals surface area contributed by atoms with Crippen LogP contribution < -0.4 is 0 Å². The zero-order valence-corrected chi connectivity index (χ0v) is 17.3. The SMILES string of the molecule is CC(=O)OC1CCC2(C)C3CCC4(C)C(C(C)=NO)=CCC4C3CC[C@H]2C1. The Labute approximate surface area is 163 Å². The maximum absolute atomic E-state index is 11.4. The van der Waals surface area contributed by atoms with Gasteiger partial charge in [0, 0.05) is 6.92 Å². The van der Waals surface area contributed by atoms with Gasteiger partial charge < -0.3 is 9.94 Å². The molecule has 150 valence electrons. The van der Waals surface area contributed by atoms with E-state index in [2.05, 4.69) is 25.1 Å². The van der Waals surface area contributed by atoms with E-state index in [1.807, 2.05) is 6.92 Å². The average molecular weight is 374 g/mol. The van der Waals surface area contributed by atoms with Gasteiger partial charge >= 0.3 is 5.97 Å². The summed E-state index contributed by atoms with van der Waals surface area (Å²) in [7, 11) is 0. The molecule has 27 heavy (non-hydrogen) atoms. The summed E-state index contributed by atoms with van der Waals surface area (Å²) in [5.41, 5.74) is 2.67. The van der Waals surface area contributed by atoms with Crippen LogP contribution in [-0.2, 0) is 9.53 Å². The smallest absolute Gasteiger partial charge is 0.302 e. The number of ether oxygens (including phenoxy) is 1. The van der Waals surface area contributed by atoms with Crippen LogP contribution in [0, 0.1) is 34.5 Å². The first-order chi connectivity index (χ1) is 12.8. The second-order valence-electron chi connectivity index (χ2n) is 10.2. The maximum Gasteiger partial charge on any atom is 0.302 e. The molecule has 0 spiro atoms. The van der Waals surface area contributed by atoms with Crippen LogP contribution in [0.1, 0.15) is 79.1 Å². The van der Waals surface area contributed by atoms with E-state index in [0.29, 0.717) is 17.3 Å². The van der Waals surface area contributed by atoms with Gasteiger partial charge in [0.15, 0.2) is 0 Å². The fourth-order valence-corrected chi connectivity index (χ4v) is 7.74. The van der Waals surface area contributed by atoms with Crippen LogP contribution >= 0.6 is 0 Å². The summed E-state index contributed by atoms with van der Waals surface area (Å²) >= 11 is 0. The van der Waals surface area contributed by atoms with Crippen molar-refractivity contribution in [2.75, 3.05) is 0 Å². The first-order valence-corrected chi connectivity index (χ1v) is 10.9. The molecule has 3 saturated carbocycles. The molecule has 0 aromatic rings. The Morgan fingerprint density at radius 1 is 1.15 bits per heavy atom. The normalized spacial score (nSPS) is 46.7. The van der Waals surface area contributed by atoms with Crippen LogP contribution in [0.5, 0.6) is 0 Å². The molecule has 7 atom stereocenters. The summed E-state index contributed by atoms with van der Waals surface area (Å²) in [6.45, 7) is 8.42. The third-order valence-corrected chi connectivity index (χ3v) is 9.07. The largest absolute Gasteiger partial charge is 0.463 e. The molecule has 4 heteroatoms. The van der Waals surface area contributed by atoms with Gasteiger partial charge in [-0.05, 0) is 98.4 Å². The Bertz CT molecular complexity index is 683. The minimum absolute atomic E-state index is 0.129. The number of hydrogen-bond donors (Lipinski definition) is 1. The molecule has 0 aromatic carbocycles. The number of fused-ring (bicyclic) bond motifs is 5. The van der Waals surface area contributed by atoms with Gasteiger partial charge in [-0.2, -0.15) is 0 Å². The Balaban J connectivity index is 1.54. The number of esters is 1. The Morgan fingerprint density at radius 3 is 2.63 bits per heavy atom. The monoisotopic (exact) mass is 373 g/mol. The number of carbonyl (C=O) groups is 1. The molecule has 4 aliphatic rings. The predicted molar refractivity (Wildman–Crippen MR) is 106 cm³/mol. The van der Waals surface area contributed by atoms with Gasteiger partial charge in [0.2, 0.25) is 0 Å². The van der Waals surface area contributed by atoms with Gasteiger partial charge in [-0.1, -0.05) is 25.1 Å². The van der Waals surface area contributed by atoms with Crippen molar-refractivity contribution >= 4 is 11.7 Å². The summed E-state index contributed by atoms with van der Waals surface area (Å²) < 4.78 is 5.58. The molecule has 0 radical (unpaired) electrons. The maximum atomic E-state index is 11.4. The molecule has 4 nitrogen and oxygen atoms in total. The molecule has 0 heterocycles. The van der Waals surface area contributed by atoms with E-state index in [1.165, 1.54) is 44.6 Å². The number of allylic oxidation sites excluding steroid dienone is 2. The van der Waals surface area contributed by atoms with Crippen LogP contribution in [0.25, 0.3) is 0 Å². The molecule has 1 N–H and O–H groups in total. The van der Waals surface area contributed by atoms with Gasteiger partial charge in [-0.3, -0.25) is 4.79 Å². The third-order valence-electron chi connectivity index (χ3n) is 9.07. The highest BCUT2D eigenvalue weighted by Crippen LogP contribution is 2.66. The summed E-state index contributed by atoms with van der Waals surface area (Å²) in [5, 5.41) is 12.9. The molecule has 4 rings (SSSR count).